The lowest BCUT2D eigenvalue weighted by molar-refractivity contribution is -0.117. The van der Waals surface area contributed by atoms with E-state index in [1.807, 2.05) is 38.1 Å². The number of benzene rings is 2. The zero-order valence-corrected chi connectivity index (χ0v) is 17.5. The minimum absolute atomic E-state index is 0.0174. The number of hydrogen-bond donors (Lipinski definition) is 2. The maximum Gasteiger partial charge on any atom is 0.269 e. The third-order valence-electron chi connectivity index (χ3n) is 4.12. The van der Waals surface area contributed by atoms with Crippen molar-refractivity contribution in [3.8, 4) is 11.5 Å². The molecule has 0 bridgehead atoms. The number of methoxy groups -OCH3 is 1. The van der Waals surface area contributed by atoms with Crippen LogP contribution in [0.5, 0.6) is 11.5 Å². The van der Waals surface area contributed by atoms with Gasteiger partial charge >= 0.3 is 0 Å². The molecule has 2 N–H and O–H groups in total. The Hall–Kier alpha value is -3.28. The Bertz CT molecular complexity index is 871. The molecular weight excluding hydrogens is 368 g/mol. The van der Waals surface area contributed by atoms with E-state index in [1.165, 1.54) is 18.7 Å². The zero-order chi connectivity index (χ0) is 21.4. The molecule has 0 aliphatic rings. The molecular formula is C23H28N2O4. The highest BCUT2D eigenvalue weighted by atomic mass is 16.5. The zero-order valence-electron chi connectivity index (χ0n) is 17.5. The van der Waals surface area contributed by atoms with Gasteiger partial charge in [0.1, 0.15) is 0 Å². The Labute approximate surface area is 171 Å². The summed E-state index contributed by atoms with van der Waals surface area (Å²) >= 11 is 0. The Kier molecular flexibility index (Phi) is 7.83. The fraction of sp³-hybridized carbons (Fsp3) is 0.304. The first-order chi connectivity index (χ1) is 13.8. The molecule has 0 aliphatic carbocycles. The summed E-state index contributed by atoms with van der Waals surface area (Å²) in [7, 11) is 1.50. The molecule has 2 aromatic rings. The molecule has 0 aliphatic heterocycles. The van der Waals surface area contributed by atoms with Crippen LogP contribution in [0.1, 0.15) is 55.1 Å². The van der Waals surface area contributed by atoms with E-state index in [0.29, 0.717) is 23.0 Å². The molecule has 0 aromatic heterocycles. The van der Waals surface area contributed by atoms with E-state index in [2.05, 4.69) is 24.7 Å². The molecule has 2 amide bonds. The molecule has 0 heterocycles. The van der Waals surface area contributed by atoms with Crippen LogP contribution < -0.4 is 20.3 Å². The average Bonchev–Trinajstić information content (AvgIpc) is 2.70. The van der Waals surface area contributed by atoms with Gasteiger partial charge in [0.05, 0.1) is 13.2 Å². The van der Waals surface area contributed by atoms with Crippen LogP contribution in [0, 0.1) is 0 Å². The second-order valence-electron chi connectivity index (χ2n) is 7.13. The molecule has 0 radical (unpaired) electrons. The van der Waals surface area contributed by atoms with Crippen molar-refractivity contribution < 1.29 is 19.1 Å². The normalized spacial score (nSPS) is 11.0. The van der Waals surface area contributed by atoms with Gasteiger partial charge in [-0.2, -0.15) is 0 Å². The van der Waals surface area contributed by atoms with Crippen LogP contribution in [-0.2, 0) is 4.79 Å². The van der Waals surface area contributed by atoms with Crippen molar-refractivity contribution in [1.29, 1.82) is 0 Å². The molecule has 2 aromatic carbocycles. The summed E-state index contributed by atoms with van der Waals surface area (Å²) in [5.74, 6) is 0.563. The average molecular weight is 396 g/mol. The van der Waals surface area contributed by atoms with Crippen LogP contribution in [0.2, 0.25) is 0 Å². The van der Waals surface area contributed by atoms with E-state index in [9.17, 15) is 9.59 Å². The lowest BCUT2D eigenvalue weighted by Crippen LogP contribution is -2.40. The molecule has 0 unspecified atom stereocenters. The Morgan fingerprint density at radius 1 is 0.931 bits per heavy atom. The van der Waals surface area contributed by atoms with E-state index in [1.54, 1.807) is 24.3 Å². The topological polar surface area (TPSA) is 76.7 Å². The number of carbonyl (C=O) groups excluding carboxylic acids is 2. The summed E-state index contributed by atoms with van der Waals surface area (Å²) < 4.78 is 10.9. The van der Waals surface area contributed by atoms with Crippen LogP contribution in [0.25, 0.3) is 6.08 Å². The van der Waals surface area contributed by atoms with Gasteiger partial charge in [0, 0.05) is 11.6 Å². The summed E-state index contributed by atoms with van der Waals surface area (Å²) in [4.78, 5) is 24.2. The van der Waals surface area contributed by atoms with Gasteiger partial charge in [0.25, 0.3) is 11.8 Å². The molecule has 2 rings (SSSR count). The van der Waals surface area contributed by atoms with Gasteiger partial charge in [-0.3, -0.25) is 20.4 Å². The van der Waals surface area contributed by atoms with Crippen LogP contribution in [0.4, 0.5) is 0 Å². The largest absolute Gasteiger partial charge is 0.493 e. The quantitative estimate of drug-likeness (QED) is 0.546. The highest BCUT2D eigenvalue weighted by Gasteiger charge is 2.12. The predicted molar refractivity (Wildman–Crippen MR) is 114 cm³/mol. The molecule has 0 saturated heterocycles. The highest BCUT2D eigenvalue weighted by molar-refractivity contribution is 5.98. The van der Waals surface area contributed by atoms with Crippen molar-refractivity contribution in [3.63, 3.8) is 0 Å². The first kappa shape index (κ1) is 22.0. The highest BCUT2D eigenvalue weighted by Crippen LogP contribution is 2.28. The summed E-state index contributed by atoms with van der Waals surface area (Å²) in [6, 6.07) is 12.8. The van der Waals surface area contributed by atoms with E-state index in [-0.39, 0.29) is 6.10 Å². The van der Waals surface area contributed by atoms with E-state index >= 15 is 0 Å². The Balaban J connectivity index is 1.93. The van der Waals surface area contributed by atoms with Crippen LogP contribution in [0.15, 0.2) is 48.5 Å². The summed E-state index contributed by atoms with van der Waals surface area (Å²) in [5, 5.41) is 0. The second-order valence-corrected chi connectivity index (χ2v) is 7.13. The lowest BCUT2D eigenvalue weighted by Gasteiger charge is -2.14. The van der Waals surface area contributed by atoms with Gasteiger partial charge in [-0.15, -0.1) is 0 Å². The Morgan fingerprint density at radius 3 is 2.21 bits per heavy atom. The Morgan fingerprint density at radius 2 is 1.62 bits per heavy atom. The van der Waals surface area contributed by atoms with Crippen molar-refractivity contribution in [1.82, 2.24) is 10.9 Å². The molecule has 0 fully saturated rings. The van der Waals surface area contributed by atoms with Gasteiger partial charge in [0.2, 0.25) is 0 Å². The van der Waals surface area contributed by atoms with Crippen molar-refractivity contribution in [2.24, 2.45) is 0 Å². The minimum Gasteiger partial charge on any atom is -0.493 e. The summed E-state index contributed by atoms with van der Waals surface area (Å²) in [6.45, 7) is 8.06. The SMILES string of the molecule is COc1cc(C(=O)NNC(=O)/C=C/c2ccc(C(C)C)cc2)ccc1OC(C)C. The number of carbonyl (C=O) groups is 2. The van der Waals surface area contributed by atoms with Crippen molar-refractivity contribution >= 4 is 17.9 Å². The first-order valence-corrected chi connectivity index (χ1v) is 9.53. The van der Waals surface area contributed by atoms with Gasteiger partial charge in [-0.05, 0) is 55.2 Å². The molecule has 6 nitrogen and oxygen atoms in total. The summed E-state index contributed by atoms with van der Waals surface area (Å²) in [5.41, 5.74) is 7.23. The van der Waals surface area contributed by atoms with Crippen molar-refractivity contribution in [2.75, 3.05) is 7.11 Å². The predicted octanol–water partition coefficient (Wildman–Crippen LogP) is 4.08. The van der Waals surface area contributed by atoms with Gasteiger partial charge < -0.3 is 9.47 Å². The molecule has 0 spiro atoms. The van der Waals surface area contributed by atoms with Crippen molar-refractivity contribution in [3.05, 3.63) is 65.2 Å². The third-order valence-corrected chi connectivity index (χ3v) is 4.12. The van der Waals surface area contributed by atoms with Gasteiger partial charge in [0.15, 0.2) is 11.5 Å². The molecule has 154 valence electrons. The van der Waals surface area contributed by atoms with Crippen LogP contribution in [-0.4, -0.2) is 25.0 Å². The minimum atomic E-state index is -0.456. The first-order valence-electron chi connectivity index (χ1n) is 9.53. The monoisotopic (exact) mass is 396 g/mol. The van der Waals surface area contributed by atoms with E-state index < -0.39 is 11.8 Å². The maximum atomic E-state index is 12.3. The van der Waals surface area contributed by atoms with E-state index in [4.69, 9.17) is 9.47 Å². The number of nitrogens with one attached hydrogen (secondary N) is 2. The van der Waals surface area contributed by atoms with Gasteiger partial charge in [-0.25, -0.2) is 0 Å². The number of hydrazine groups is 1. The standard InChI is InChI=1S/C23H28N2O4/c1-15(2)18-9-6-17(7-10-18)8-13-22(26)24-25-23(27)19-11-12-20(29-16(3)4)21(14-19)28-5/h6-16H,1-5H3,(H,24,26)(H,25,27)/b13-8+. The molecule has 29 heavy (non-hydrogen) atoms. The van der Waals surface area contributed by atoms with Crippen molar-refractivity contribution in [2.45, 2.75) is 39.7 Å². The molecule has 0 saturated carbocycles. The third kappa shape index (κ3) is 6.68. The van der Waals surface area contributed by atoms with Crippen LogP contribution >= 0.6 is 0 Å². The molecule has 0 atom stereocenters. The molecule has 6 heteroatoms. The lowest BCUT2D eigenvalue weighted by atomic mass is 10.0. The maximum absolute atomic E-state index is 12.3. The van der Waals surface area contributed by atoms with Gasteiger partial charge in [-0.1, -0.05) is 38.1 Å². The smallest absolute Gasteiger partial charge is 0.269 e. The number of amides is 2. The number of hydrogen-bond acceptors (Lipinski definition) is 4. The number of ether oxygens (including phenoxy) is 2. The van der Waals surface area contributed by atoms with E-state index in [0.717, 1.165) is 5.56 Å². The fourth-order valence-corrected chi connectivity index (χ4v) is 2.56. The number of rotatable bonds is 7. The fourth-order valence-electron chi connectivity index (χ4n) is 2.56. The second kappa shape index (κ2) is 10.3. The summed E-state index contributed by atoms with van der Waals surface area (Å²) in [6.07, 6.45) is 3.04. The van der Waals surface area contributed by atoms with Crippen LogP contribution in [0.3, 0.4) is 0 Å².